The number of hydrogen-bond acceptors (Lipinski definition) is 6. The summed E-state index contributed by atoms with van der Waals surface area (Å²) in [5.74, 6) is 0.476. The maximum atomic E-state index is 11.0. The predicted octanol–water partition coefficient (Wildman–Crippen LogP) is 2.00. The molecule has 0 atom stereocenters. The van der Waals surface area contributed by atoms with E-state index in [1.54, 1.807) is 4.90 Å². The summed E-state index contributed by atoms with van der Waals surface area (Å²) >= 11 is 0. The fraction of sp³-hybridized carbons (Fsp3) is 0.417. The molecule has 0 aromatic carbocycles. The summed E-state index contributed by atoms with van der Waals surface area (Å²) in [5, 5.41) is 12.9. The Morgan fingerprint density at radius 2 is 2.26 bits per heavy atom. The van der Waals surface area contributed by atoms with Crippen molar-refractivity contribution < 1.29 is 18.8 Å². The van der Waals surface area contributed by atoms with Gasteiger partial charge in [-0.25, -0.2) is 4.79 Å². The van der Waals surface area contributed by atoms with Gasteiger partial charge in [-0.15, -0.1) is 0 Å². The Balaban J connectivity index is 1.85. The molecule has 0 radical (unpaired) electrons. The normalized spacial score (nSPS) is 14.2. The Bertz CT molecular complexity index is 629. The number of nitrogens with zero attached hydrogens (tertiary/aromatic N) is 3. The number of aromatic carboxylic acids is 1. The van der Waals surface area contributed by atoms with E-state index < -0.39 is 5.97 Å². The highest BCUT2D eigenvalue weighted by molar-refractivity contribution is 5.89. The van der Waals surface area contributed by atoms with Crippen molar-refractivity contribution in [1.82, 2.24) is 10.1 Å². The van der Waals surface area contributed by atoms with Crippen LogP contribution < -0.4 is 4.90 Å². The summed E-state index contributed by atoms with van der Waals surface area (Å²) in [6, 6.07) is 0.395. The third-order valence-electron chi connectivity index (χ3n) is 3.11. The molecule has 7 nitrogen and oxygen atoms in total. The summed E-state index contributed by atoms with van der Waals surface area (Å²) in [5.41, 5.74) is 0.873. The Kier molecular flexibility index (Phi) is 2.55. The number of furan rings is 1. The van der Waals surface area contributed by atoms with Crippen LogP contribution in [0.4, 0.5) is 6.01 Å². The fourth-order valence-electron chi connectivity index (χ4n) is 2.05. The molecular weight excluding hydrogens is 250 g/mol. The van der Waals surface area contributed by atoms with Crippen LogP contribution in [0.3, 0.4) is 0 Å². The zero-order chi connectivity index (χ0) is 13.6. The van der Waals surface area contributed by atoms with Gasteiger partial charge in [0.2, 0.25) is 0 Å². The van der Waals surface area contributed by atoms with Gasteiger partial charge in [-0.1, -0.05) is 19.0 Å². The smallest absolute Gasteiger partial charge is 0.339 e. The summed E-state index contributed by atoms with van der Waals surface area (Å²) in [7, 11) is 0. The molecule has 0 unspecified atom stereocenters. The van der Waals surface area contributed by atoms with E-state index in [1.807, 2.05) is 13.8 Å². The van der Waals surface area contributed by atoms with Crippen molar-refractivity contribution in [2.24, 2.45) is 0 Å². The van der Waals surface area contributed by atoms with Crippen molar-refractivity contribution in [1.29, 1.82) is 0 Å². The number of rotatable bonds is 3. The topological polar surface area (TPSA) is 92.6 Å². The first-order valence-electron chi connectivity index (χ1n) is 5.97. The van der Waals surface area contributed by atoms with Gasteiger partial charge < -0.3 is 18.9 Å². The first kappa shape index (κ1) is 11.8. The van der Waals surface area contributed by atoms with E-state index in [1.165, 1.54) is 6.26 Å². The third kappa shape index (κ3) is 1.87. The van der Waals surface area contributed by atoms with Crippen LogP contribution in [-0.4, -0.2) is 21.2 Å². The van der Waals surface area contributed by atoms with Gasteiger partial charge in [0.15, 0.2) is 5.82 Å². The molecule has 3 rings (SSSR count). The lowest BCUT2D eigenvalue weighted by molar-refractivity contribution is 0.0695. The largest absolute Gasteiger partial charge is 0.478 e. The Hall–Kier alpha value is -2.31. The van der Waals surface area contributed by atoms with Crippen molar-refractivity contribution in [3.8, 4) is 0 Å². The lowest BCUT2D eigenvalue weighted by Gasteiger charge is -2.10. The third-order valence-corrected chi connectivity index (χ3v) is 3.11. The molecule has 0 amide bonds. The number of hydrogen-bond donors (Lipinski definition) is 1. The minimum absolute atomic E-state index is 0.186. The van der Waals surface area contributed by atoms with E-state index in [9.17, 15) is 4.79 Å². The second kappa shape index (κ2) is 4.11. The molecule has 0 spiro atoms. The van der Waals surface area contributed by atoms with Crippen LogP contribution >= 0.6 is 0 Å². The highest BCUT2D eigenvalue weighted by Gasteiger charge is 2.31. The van der Waals surface area contributed by atoms with E-state index in [0.717, 1.165) is 0 Å². The highest BCUT2D eigenvalue weighted by Crippen LogP contribution is 2.31. The summed E-state index contributed by atoms with van der Waals surface area (Å²) in [4.78, 5) is 17.1. The SMILES string of the molecule is CC(C)c1noc(N2Cc3occ(C(=O)O)c3C2)n1. The molecular formula is C12H13N3O4. The molecule has 0 fully saturated rings. The molecule has 0 saturated carbocycles. The molecule has 2 aromatic heterocycles. The number of aromatic nitrogens is 2. The molecule has 19 heavy (non-hydrogen) atoms. The van der Waals surface area contributed by atoms with Crippen LogP contribution in [0.5, 0.6) is 0 Å². The van der Waals surface area contributed by atoms with E-state index in [2.05, 4.69) is 10.1 Å². The fourth-order valence-corrected chi connectivity index (χ4v) is 2.05. The average Bonchev–Trinajstić information content (AvgIpc) is 3.02. The quantitative estimate of drug-likeness (QED) is 0.905. The van der Waals surface area contributed by atoms with Gasteiger partial charge in [0.05, 0.1) is 13.1 Å². The van der Waals surface area contributed by atoms with Crippen LogP contribution in [0.25, 0.3) is 0 Å². The van der Waals surface area contributed by atoms with Crippen LogP contribution in [0.15, 0.2) is 15.2 Å². The second-order valence-electron chi connectivity index (χ2n) is 4.80. The summed E-state index contributed by atoms with van der Waals surface area (Å²) in [6.45, 7) is 4.81. The summed E-state index contributed by atoms with van der Waals surface area (Å²) in [6.07, 6.45) is 1.28. The van der Waals surface area contributed by atoms with Crippen molar-refractivity contribution in [3.05, 3.63) is 29.0 Å². The zero-order valence-electron chi connectivity index (χ0n) is 10.6. The van der Waals surface area contributed by atoms with Gasteiger partial charge in [0.25, 0.3) is 0 Å². The minimum Gasteiger partial charge on any atom is -0.478 e. The van der Waals surface area contributed by atoms with Crippen molar-refractivity contribution >= 4 is 12.0 Å². The van der Waals surface area contributed by atoms with Gasteiger partial charge in [0.1, 0.15) is 17.6 Å². The number of carbonyl (C=O) groups is 1. The lowest BCUT2D eigenvalue weighted by Crippen LogP contribution is -2.16. The molecule has 2 aromatic rings. The van der Waals surface area contributed by atoms with Crippen molar-refractivity contribution in [3.63, 3.8) is 0 Å². The van der Waals surface area contributed by atoms with E-state index in [4.69, 9.17) is 14.0 Å². The van der Waals surface area contributed by atoms with Gasteiger partial charge in [-0.05, 0) is 0 Å². The first-order valence-corrected chi connectivity index (χ1v) is 5.97. The van der Waals surface area contributed by atoms with Crippen LogP contribution in [0, 0.1) is 0 Å². The Labute approximate surface area is 108 Å². The molecule has 1 aliphatic rings. The average molecular weight is 263 g/mol. The van der Waals surface area contributed by atoms with Crippen LogP contribution in [0.1, 0.15) is 47.3 Å². The molecule has 1 N–H and O–H groups in total. The maximum Gasteiger partial charge on any atom is 0.339 e. The van der Waals surface area contributed by atoms with Crippen molar-refractivity contribution in [2.75, 3.05) is 4.90 Å². The molecule has 1 aliphatic heterocycles. The maximum absolute atomic E-state index is 11.0. The standard InChI is InChI=1S/C12H13N3O4/c1-6(2)10-13-12(19-14-10)15-3-7-8(11(16)17)5-18-9(7)4-15/h5-6H,3-4H2,1-2H3,(H,16,17). The zero-order valence-corrected chi connectivity index (χ0v) is 10.6. The summed E-state index contributed by atoms with van der Waals surface area (Å²) < 4.78 is 10.4. The molecule has 0 aliphatic carbocycles. The van der Waals surface area contributed by atoms with Crippen LogP contribution in [-0.2, 0) is 13.1 Å². The number of carboxylic acids is 1. The number of fused-ring (bicyclic) bond motifs is 1. The van der Waals surface area contributed by atoms with Gasteiger partial charge in [0, 0.05) is 11.5 Å². The molecule has 3 heterocycles. The van der Waals surface area contributed by atoms with Gasteiger partial charge >= 0.3 is 12.0 Å². The van der Waals surface area contributed by atoms with E-state index in [-0.39, 0.29) is 11.5 Å². The van der Waals surface area contributed by atoms with E-state index >= 15 is 0 Å². The monoisotopic (exact) mass is 263 g/mol. The predicted molar refractivity (Wildman–Crippen MR) is 63.9 cm³/mol. The first-order chi connectivity index (χ1) is 9.06. The second-order valence-corrected chi connectivity index (χ2v) is 4.80. The minimum atomic E-state index is -0.986. The molecule has 100 valence electrons. The Morgan fingerprint density at radius 1 is 1.47 bits per heavy atom. The molecule has 7 heteroatoms. The van der Waals surface area contributed by atoms with Crippen LogP contribution in [0.2, 0.25) is 0 Å². The van der Waals surface area contributed by atoms with Gasteiger partial charge in [-0.2, -0.15) is 4.98 Å². The van der Waals surface area contributed by atoms with Crippen molar-refractivity contribution in [2.45, 2.75) is 32.9 Å². The Morgan fingerprint density at radius 3 is 2.89 bits per heavy atom. The number of carboxylic acid groups (broad SMARTS) is 1. The van der Waals surface area contributed by atoms with Gasteiger partial charge in [-0.3, -0.25) is 0 Å². The van der Waals surface area contributed by atoms with E-state index in [0.29, 0.717) is 36.3 Å². The highest BCUT2D eigenvalue weighted by atomic mass is 16.5. The number of anilines is 1. The molecule has 0 bridgehead atoms. The molecule has 0 saturated heterocycles. The lowest BCUT2D eigenvalue weighted by atomic mass is 10.2.